The minimum atomic E-state index is -1.06. The van der Waals surface area contributed by atoms with Crippen LogP contribution in [0.2, 0.25) is 0 Å². The van der Waals surface area contributed by atoms with Gasteiger partial charge < -0.3 is 19.3 Å². The molecule has 2 rings (SSSR count). The van der Waals surface area contributed by atoms with Crippen molar-refractivity contribution in [3.8, 4) is 0 Å². The van der Waals surface area contributed by atoms with Crippen LogP contribution < -0.4 is 0 Å². The number of carboxylic acid groups (broad SMARTS) is 1. The van der Waals surface area contributed by atoms with Crippen molar-refractivity contribution < 1.29 is 33.7 Å². The first-order chi connectivity index (χ1) is 14.7. The summed E-state index contributed by atoms with van der Waals surface area (Å²) in [5, 5.41) is 9.18. The van der Waals surface area contributed by atoms with Gasteiger partial charge in [-0.1, -0.05) is 24.3 Å². The van der Waals surface area contributed by atoms with E-state index in [1.165, 1.54) is 24.9 Å². The molecule has 1 aliphatic heterocycles. The molecule has 170 valence electrons. The summed E-state index contributed by atoms with van der Waals surface area (Å²) >= 11 is 1.33. The van der Waals surface area contributed by atoms with E-state index in [2.05, 4.69) is 0 Å². The Morgan fingerprint density at radius 2 is 2.00 bits per heavy atom. The molecule has 1 aromatic rings. The molecule has 8 nitrogen and oxygen atoms in total. The number of carboxylic acids is 1. The van der Waals surface area contributed by atoms with Crippen molar-refractivity contribution in [1.29, 1.82) is 0 Å². The van der Waals surface area contributed by atoms with E-state index in [1.807, 2.05) is 36.1 Å². The minimum absolute atomic E-state index is 0.0470. The normalized spacial score (nSPS) is 19.1. The molecule has 0 saturated carbocycles. The third-order valence-electron chi connectivity index (χ3n) is 4.84. The lowest BCUT2D eigenvalue weighted by Gasteiger charge is -2.38. The molecule has 0 amide bonds. The molecule has 1 saturated heterocycles. The van der Waals surface area contributed by atoms with Crippen LogP contribution in [0.25, 0.3) is 0 Å². The van der Waals surface area contributed by atoms with Gasteiger partial charge in [0.05, 0.1) is 13.2 Å². The number of rotatable bonds is 8. The number of likely N-dealkylation sites (tertiary alicyclic amines) is 1. The zero-order valence-corrected chi connectivity index (χ0v) is 19.0. The molecule has 1 fully saturated rings. The highest BCUT2D eigenvalue weighted by atomic mass is 32.2. The van der Waals surface area contributed by atoms with E-state index in [4.69, 9.17) is 14.2 Å². The molecular weight excluding hydrogens is 422 g/mol. The van der Waals surface area contributed by atoms with Gasteiger partial charge in [0.2, 0.25) is 0 Å². The van der Waals surface area contributed by atoms with Gasteiger partial charge in [-0.3, -0.25) is 4.90 Å². The maximum Gasteiger partial charge on any atom is 0.509 e. The zero-order chi connectivity index (χ0) is 23.0. The summed E-state index contributed by atoms with van der Waals surface area (Å²) in [6.45, 7) is 6.22. The molecule has 1 N–H and O–H groups in total. The van der Waals surface area contributed by atoms with Crippen LogP contribution in [0.4, 0.5) is 4.79 Å². The van der Waals surface area contributed by atoms with Gasteiger partial charge in [0.15, 0.2) is 0 Å². The molecule has 1 aliphatic rings. The van der Waals surface area contributed by atoms with Crippen molar-refractivity contribution in [1.82, 2.24) is 4.90 Å². The number of aliphatic carboxylic acids is 1. The third-order valence-corrected chi connectivity index (χ3v) is 6.03. The molecule has 1 aromatic carbocycles. The van der Waals surface area contributed by atoms with Gasteiger partial charge in [0, 0.05) is 24.4 Å². The lowest BCUT2D eigenvalue weighted by atomic mass is 9.95. The highest BCUT2D eigenvalue weighted by Crippen LogP contribution is 2.34. The van der Waals surface area contributed by atoms with Crippen LogP contribution in [0.1, 0.15) is 37.4 Å². The van der Waals surface area contributed by atoms with Gasteiger partial charge in [0.25, 0.3) is 0 Å². The standard InChI is InChI=1S/C22H29NO7S/c1-14(2)30-22(27)29-13-31-18-9-10-23(12-16(18)11-19(24)25)20(21(26)28-4)17-8-6-5-7-15(17)3/h5-8,11,14,18,20H,9-10,12-13H2,1-4H3,(H,24,25)/b16-11+. The number of benzene rings is 1. The molecule has 0 bridgehead atoms. The monoisotopic (exact) mass is 451 g/mol. The number of piperidine rings is 1. The first kappa shape index (κ1) is 24.7. The van der Waals surface area contributed by atoms with Crippen molar-refractivity contribution in [2.75, 3.05) is 26.1 Å². The maximum absolute atomic E-state index is 12.6. The predicted octanol–water partition coefficient (Wildman–Crippen LogP) is 3.55. The fourth-order valence-electron chi connectivity index (χ4n) is 3.46. The molecule has 0 aliphatic carbocycles. The number of esters is 1. The SMILES string of the molecule is COC(=O)C(c1ccccc1C)N1CCC(SCOC(=O)OC(C)C)/C(=C/C(=O)O)C1. The second-order valence-corrected chi connectivity index (χ2v) is 8.57. The van der Waals surface area contributed by atoms with E-state index in [-0.39, 0.29) is 23.8 Å². The average molecular weight is 452 g/mol. The predicted molar refractivity (Wildman–Crippen MR) is 117 cm³/mol. The zero-order valence-electron chi connectivity index (χ0n) is 18.2. The Kier molecular flexibility index (Phi) is 9.39. The van der Waals surface area contributed by atoms with Gasteiger partial charge in [-0.2, -0.15) is 0 Å². The van der Waals surface area contributed by atoms with E-state index in [9.17, 15) is 19.5 Å². The number of carbonyl (C=O) groups excluding carboxylic acids is 2. The Labute approximate surface area is 186 Å². The number of carbonyl (C=O) groups is 3. The Hall–Kier alpha value is -2.52. The van der Waals surface area contributed by atoms with Crippen molar-refractivity contribution in [2.24, 2.45) is 0 Å². The molecule has 2 unspecified atom stereocenters. The largest absolute Gasteiger partial charge is 0.509 e. The first-order valence-electron chi connectivity index (χ1n) is 9.98. The number of aryl methyl sites for hydroxylation is 1. The number of ether oxygens (including phenoxy) is 3. The number of hydrogen-bond donors (Lipinski definition) is 1. The molecule has 9 heteroatoms. The Balaban J connectivity index is 2.15. The fraction of sp³-hybridized carbons (Fsp3) is 0.500. The Morgan fingerprint density at radius 1 is 1.29 bits per heavy atom. The highest BCUT2D eigenvalue weighted by Gasteiger charge is 2.35. The van der Waals surface area contributed by atoms with Gasteiger partial charge in [-0.15, -0.1) is 11.8 Å². The maximum atomic E-state index is 12.6. The minimum Gasteiger partial charge on any atom is -0.478 e. The molecule has 31 heavy (non-hydrogen) atoms. The van der Waals surface area contributed by atoms with Crippen LogP contribution in [-0.2, 0) is 23.8 Å². The van der Waals surface area contributed by atoms with Crippen molar-refractivity contribution in [3.05, 3.63) is 47.0 Å². The smallest absolute Gasteiger partial charge is 0.478 e. The van der Waals surface area contributed by atoms with E-state index in [1.54, 1.807) is 13.8 Å². The van der Waals surface area contributed by atoms with Gasteiger partial charge in [-0.05, 0) is 43.9 Å². The summed E-state index contributed by atoms with van der Waals surface area (Å²) in [7, 11) is 1.35. The lowest BCUT2D eigenvalue weighted by Crippen LogP contribution is -2.43. The van der Waals surface area contributed by atoms with Crippen LogP contribution in [0, 0.1) is 6.92 Å². The molecule has 0 aromatic heterocycles. The Bertz CT molecular complexity index is 824. The van der Waals surface area contributed by atoms with Gasteiger partial charge in [0.1, 0.15) is 12.0 Å². The molecule has 1 heterocycles. The first-order valence-corrected chi connectivity index (χ1v) is 11.0. The third kappa shape index (κ3) is 7.29. The van der Waals surface area contributed by atoms with E-state index in [0.29, 0.717) is 18.5 Å². The van der Waals surface area contributed by atoms with Crippen molar-refractivity contribution in [2.45, 2.75) is 44.6 Å². The van der Waals surface area contributed by atoms with Crippen LogP contribution in [0.15, 0.2) is 35.9 Å². The Morgan fingerprint density at radius 3 is 2.61 bits per heavy atom. The molecule has 0 spiro atoms. The summed E-state index contributed by atoms with van der Waals surface area (Å²) in [6, 6.07) is 6.94. The van der Waals surface area contributed by atoms with Crippen molar-refractivity contribution >= 4 is 29.9 Å². The number of hydrogen-bond acceptors (Lipinski definition) is 8. The molecule has 2 atom stereocenters. The molecule has 0 radical (unpaired) electrons. The van der Waals surface area contributed by atoms with E-state index < -0.39 is 24.1 Å². The number of thioether (sulfide) groups is 1. The second-order valence-electron chi connectivity index (χ2n) is 7.43. The molecular formula is C22H29NO7S. The second kappa shape index (κ2) is 11.8. The topological polar surface area (TPSA) is 102 Å². The number of nitrogens with zero attached hydrogens (tertiary/aromatic N) is 1. The summed E-state index contributed by atoms with van der Waals surface area (Å²) < 4.78 is 15.0. The average Bonchev–Trinajstić information content (AvgIpc) is 2.70. The van der Waals surface area contributed by atoms with E-state index in [0.717, 1.165) is 11.1 Å². The van der Waals surface area contributed by atoms with Crippen LogP contribution in [0.5, 0.6) is 0 Å². The summed E-state index contributed by atoms with van der Waals surface area (Å²) in [5.41, 5.74) is 2.43. The van der Waals surface area contributed by atoms with Gasteiger partial charge in [-0.25, -0.2) is 14.4 Å². The van der Waals surface area contributed by atoms with Crippen LogP contribution in [0.3, 0.4) is 0 Å². The van der Waals surface area contributed by atoms with Crippen molar-refractivity contribution in [3.63, 3.8) is 0 Å². The summed E-state index contributed by atoms with van der Waals surface area (Å²) in [4.78, 5) is 37.5. The van der Waals surface area contributed by atoms with E-state index >= 15 is 0 Å². The fourth-order valence-corrected chi connectivity index (χ4v) is 4.42. The summed E-state index contributed by atoms with van der Waals surface area (Å²) in [5.74, 6) is -1.41. The highest BCUT2D eigenvalue weighted by molar-refractivity contribution is 7.99. The lowest BCUT2D eigenvalue weighted by molar-refractivity contribution is -0.147. The van der Waals surface area contributed by atoms with Crippen LogP contribution in [-0.4, -0.2) is 65.6 Å². The van der Waals surface area contributed by atoms with Crippen LogP contribution >= 0.6 is 11.8 Å². The quantitative estimate of drug-likeness (QED) is 0.361. The summed E-state index contributed by atoms with van der Waals surface area (Å²) in [6.07, 6.45) is 0.725. The number of methoxy groups -OCH3 is 1. The van der Waals surface area contributed by atoms with Gasteiger partial charge >= 0.3 is 18.1 Å².